The zero-order valence-corrected chi connectivity index (χ0v) is 11.1. The lowest BCUT2D eigenvalue weighted by Crippen LogP contribution is -2.13. The van der Waals surface area contributed by atoms with Gasteiger partial charge in [0.05, 0.1) is 6.04 Å². The van der Waals surface area contributed by atoms with Crippen LogP contribution in [0.3, 0.4) is 0 Å². The summed E-state index contributed by atoms with van der Waals surface area (Å²) in [5.74, 6) is 0.568. The van der Waals surface area contributed by atoms with Crippen molar-refractivity contribution in [2.75, 3.05) is 0 Å². The van der Waals surface area contributed by atoms with E-state index in [1.165, 1.54) is 5.56 Å². The Labute approximate surface area is 117 Å². The molecule has 1 aromatic heterocycles. The minimum Gasteiger partial charge on any atom is -0.439 e. The van der Waals surface area contributed by atoms with Gasteiger partial charge in [0, 0.05) is 6.54 Å². The van der Waals surface area contributed by atoms with E-state index in [0.29, 0.717) is 18.9 Å². The Hall–Kier alpha value is -2.17. The van der Waals surface area contributed by atoms with Crippen LogP contribution in [0.2, 0.25) is 0 Å². The van der Waals surface area contributed by atoms with Gasteiger partial charge < -0.3 is 15.9 Å². The normalized spacial score (nSPS) is 12.7. The van der Waals surface area contributed by atoms with Crippen LogP contribution in [0.4, 0.5) is 0 Å². The first-order valence-corrected chi connectivity index (χ1v) is 6.65. The summed E-state index contributed by atoms with van der Waals surface area (Å²) in [7, 11) is 0. The third kappa shape index (κ3) is 2.57. The van der Waals surface area contributed by atoms with Gasteiger partial charge in [0.15, 0.2) is 5.58 Å². The van der Waals surface area contributed by atoms with E-state index >= 15 is 0 Å². The number of nitrogens with zero attached hydrogens (tertiary/aromatic N) is 1. The van der Waals surface area contributed by atoms with Crippen LogP contribution in [0.5, 0.6) is 0 Å². The Morgan fingerprint density at radius 2 is 1.85 bits per heavy atom. The van der Waals surface area contributed by atoms with Crippen molar-refractivity contribution in [1.82, 2.24) is 4.98 Å². The Balaban J connectivity index is 1.86. The molecule has 0 bridgehead atoms. The van der Waals surface area contributed by atoms with E-state index in [0.717, 1.165) is 16.7 Å². The summed E-state index contributed by atoms with van der Waals surface area (Å²) < 4.78 is 5.72. The predicted molar refractivity (Wildman–Crippen MR) is 79.0 cm³/mol. The largest absolute Gasteiger partial charge is 0.439 e. The van der Waals surface area contributed by atoms with Gasteiger partial charge in [0.1, 0.15) is 5.52 Å². The van der Waals surface area contributed by atoms with Crippen LogP contribution >= 0.6 is 0 Å². The second kappa shape index (κ2) is 5.45. The molecule has 0 radical (unpaired) electrons. The Morgan fingerprint density at radius 1 is 1.05 bits per heavy atom. The molecule has 1 atom stereocenters. The first kappa shape index (κ1) is 12.8. The van der Waals surface area contributed by atoms with Crippen LogP contribution in [-0.2, 0) is 13.0 Å². The number of hydrogen-bond acceptors (Lipinski definition) is 4. The van der Waals surface area contributed by atoms with Gasteiger partial charge in [-0.05, 0) is 29.7 Å². The lowest BCUT2D eigenvalue weighted by atomic mass is 10.1. The highest BCUT2D eigenvalue weighted by Gasteiger charge is 2.14. The zero-order chi connectivity index (χ0) is 13.9. The molecule has 0 amide bonds. The van der Waals surface area contributed by atoms with Crippen molar-refractivity contribution in [2.24, 2.45) is 11.5 Å². The summed E-state index contributed by atoms with van der Waals surface area (Å²) in [6.07, 6.45) is 0.706. The van der Waals surface area contributed by atoms with Crippen LogP contribution in [-0.4, -0.2) is 4.98 Å². The lowest BCUT2D eigenvalue weighted by molar-refractivity contribution is 0.474. The molecule has 4 heteroatoms. The van der Waals surface area contributed by atoms with Crippen LogP contribution in [0.1, 0.15) is 23.1 Å². The molecule has 0 aliphatic rings. The quantitative estimate of drug-likeness (QED) is 0.761. The molecule has 0 saturated carbocycles. The average molecular weight is 267 g/mol. The van der Waals surface area contributed by atoms with Gasteiger partial charge in [-0.15, -0.1) is 0 Å². The summed E-state index contributed by atoms with van der Waals surface area (Å²) in [6.45, 7) is 0.494. The van der Waals surface area contributed by atoms with E-state index in [2.05, 4.69) is 17.1 Å². The van der Waals surface area contributed by atoms with Crippen molar-refractivity contribution >= 4 is 11.1 Å². The van der Waals surface area contributed by atoms with E-state index in [-0.39, 0.29) is 6.04 Å². The maximum absolute atomic E-state index is 6.18. The number of oxazole rings is 1. The van der Waals surface area contributed by atoms with Crippen molar-refractivity contribution in [2.45, 2.75) is 19.0 Å². The number of benzene rings is 2. The molecular formula is C16H17N3O. The van der Waals surface area contributed by atoms with Crippen LogP contribution in [0.25, 0.3) is 11.1 Å². The molecular weight excluding hydrogens is 250 g/mol. The fourth-order valence-electron chi connectivity index (χ4n) is 2.23. The number of nitrogens with two attached hydrogens (primary N) is 2. The summed E-state index contributed by atoms with van der Waals surface area (Å²) >= 11 is 0. The maximum atomic E-state index is 6.18. The molecule has 4 nitrogen and oxygen atoms in total. The van der Waals surface area contributed by atoms with Gasteiger partial charge in [-0.25, -0.2) is 4.98 Å². The molecule has 0 saturated heterocycles. The van der Waals surface area contributed by atoms with Gasteiger partial charge >= 0.3 is 0 Å². The molecule has 0 aliphatic carbocycles. The third-order valence-corrected chi connectivity index (χ3v) is 3.32. The minimum absolute atomic E-state index is 0.244. The highest BCUT2D eigenvalue weighted by Crippen LogP contribution is 2.22. The highest BCUT2D eigenvalue weighted by molar-refractivity contribution is 5.73. The Morgan fingerprint density at radius 3 is 2.60 bits per heavy atom. The van der Waals surface area contributed by atoms with Gasteiger partial charge in [0.2, 0.25) is 5.89 Å². The predicted octanol–water partition coefficient (Wildman–Crippen LogP) is 2.53. The molecule has 102 valence electrons. The van der Waals surface area contributed by atoms with Crippen LogP contribution in [0.15, 0.2) is 52.9 Å². The molecule has 0 aliphatic heterocycles. The average Bonchev–Trinajstić information content (AvgIpc) is 2.91. The summed E-state index contributed by atoms with van der Waals surface area (Å²) in [6, 6.07) is 15.6. The molecule has 2 aromatic carbocycles. The number of aromatic nitrogens is 1. The number of fused-ring (bicyclic) bond motifs is 1. The second-order valence-corrected chi connectivity index (χ2v) is 4.85. The van der Waals surface area contributed by atoms with Crippen LogP contribution in [0, 0.1) is 0 Å². The molecule has 0 fully saturated rings. The summed E-state index contributed by atoms with van der Waals surface area (Å²) in [4.78, 5) is 4.47. The van der Waals surface area contributed by atoms with Gasteiger partial charge in [-0.3, -0.25) is 0 Å². The van der Waals surface area contributed by atoms with E-state index in [1.807, 2.05) is 36.4 Å². The maximum Gasteiger partial charge on any atom is 0.212 e. The van der Waals surface area contributed by atoms with E-state index in [4.69, 9.17) is 15.9 Å². The fraction of sp³-hybridized carbons (Fsp3) is 0.188. The van der Waals surface area contributed by atoms with Gasteiger partial charge in [0.25, 0.3) is 0 Å². The van der Waals surface area contributed by atoms with Crippen molar-refractivity contribution in [3.8, 4) is 0 Å². The molecule has 20 heavy (non-hydrogen) atoms. The van der Waals surface area contributed by atoms with Gasteiger partial charge in [-0.1, -0.05) is 36.4 Å². The van der Waals surface area contributed by atoms with E-state index < -0.39 is 0 Å². The molecule has 1 heterocycles. The first-order valence-electron chi connectivity index (χ1n) is 6.65. The summed E-state index contributed by atoms with van der Waals surface area (Å²) in [5, 5.41) is 0. The van der Waals surface area contributed by atoms with Crippen molar-refractivity contribution in [1.29, 1.82) is 0 Å². The van der Waals surface area contributed by atoms with E-state index in [9.17, 15) is 0 Å². The number of hydrogen-bond donors (Lipinski definition) is 2. The molecule has 0 spiro atoms. The molecule has 4 N–H and O–H groups in total. The standard InChI is InChI=1S/C16H17N3O/c17-10-12-6-7-15-14(9-12)19-16(20-15)13(18)8-11-4-2-1-3-5-11/h1-7,9,13H,8,10,17-18H2. The van der Waals surface area contributed by atoms with Crippen LogP contribution < -0.4 is 11.5 Å². The second-order valence-electron chi connectivity index (χ2n) is 4.85. The fourth-order valence-corrected chi connectivity index (χ4v) is 2.23. The lowest BCUT2D eigenvalue weighted by Gasteiger charge is -2.06. The topological polar surface area (TPSA) is 78.1 Å². The first-order chi connectivity index (χ1) is 9.76. The van der Waals surface area contributed by atoms with Crippen molar-refractivity contribution in [3.63, 3.8) is 0 Å². The molecule has 3 rings (SSSR count). The zero-order valence-electron chi connectivity index (χ0n) is 11.1. The Bertz CT molecular complexity index is 706. The van der Waals surface area contributed by atoms with Gasteiger partial charge in [-0.2, -0.15) is 0 Å². The monoisotopic (exact) mass is 267 g/mol. The van der Waals surface area contributed by atoms with Crippen molar-refractivity contribution < 1.29 is 4.42 Å². The SMILES string of the molecule is NCc1ccc2oc(C(N)Cc3ccccc3)nc2c1. The molecule has 3 aromatic rings. The third-order valence-electron chi connectivity index (χ3n) is 3.32. The molecule has 1 unspecified atom stereocenters. The minimum atomic E-state index is -0.244. The number of rotatable bonds is 4. The highest BCUT2D eigenvalue weighted by atomic mass is 16.3. The smallest absolute Gasteiger partial charge is 0.212 e. The van der Waals surface area contributed by atoms with Crippen molar-refractivity contribution in [3.05, 3.63) is 65.5 Å². The Kier molecular flexibility index (Phi) is 3.50. The summed E-state index contributed by atoms with van der Waals surface area (Å²) in [5.41, 5.74) is 15.6. The van der Waals surface area contributed by atoms with E-state index in [1.54, 1.807) is 0 Å².